The quantitative estimate of drug-likeness (QED) is 0.136. The lowest BCUT2D eigenvalue weighted by Crippen LogP contribution is -3.61. The Bertz CT molecular complexity index is 1020. The number of unbranched alkanes of at least 4 members (excludes halogenated alkanes) is 9. The highest BCUT2D eigenvalue weighted by Crippen LogP contribution is 2.16. The molecule has 0 saturated heterocycles. The van der Waals surface area contributed by atoms with Crippen LogP contribution in [0.3, 0.4) is 0 Å². The standard InChI is InChI=1S/C19H32O3S.C12H10I/c1-2-3-4-5-6-7-8-9-10-11-14-18-15-12-13-16-19(18)17-23(20,21)22;1-3-7-11(8-4-1)13-12-9-5-2-6-10-12/h12-13,15-16H,2-11,14,17H2,1H3,(H,20,21,22);1-10H/q;+1/p-1. The SMILES string of the molecule is CCCCCCCCCCCCc1ccccc1CS(=O)(=O)[O-].c1ccc([I+]c2ccccc2)cc1. The molecule has 0 bridgehead atoms. The molecule has 0 atom stereocenters. The fourth-order valence-electron chi connectivity index (χ4n) is 4.02. The maximum Gasteiger partial charge on any atom is 0.357 e. The predicted molar refractivity (Wildman–Crippen MR) is 146 cm³/mol. The van der Waals surface area contributed by atoms with E-state index in [1.165, 1.54) is 64.9 Å². The molecule has 0 radical (unpaired) electrons. The summed E-state index contributed by atoms with van der Waals surface area (Å²) in [5, 5.41) is 0. The molecular formula is C31H41IO3S. The van der Waals surface area contributed by atoms with Crippen LogP contribution in [0.25, 0.3) is 0 Å². The second kappa shape index (κ2) is 18.5. The van der Waals surface area contributed by atoms with Gasteiger partial charge >= 0.3 is 21.2 Å². The largest absolute Gasteiger partial charge is 0.748 e. The summed E-state index contributed by atoms with van der Waals surface area (Å²) in [7, 11) is -4.20. The maximum absolute atomic E-state index is 10.9. The molecule has 5 heteroatoms. The van der Waals surface area contributed by atoms with Crippen LogP contribution in [-0.2, 0) is 22.3 Å². The average molecular weight is 621 g/mol. The Morgan fingerprint density at radius 2 is 1.00 bits per heavy atom. The van der Waals surface area contributed by atoms with Gasteiger partial charge in [-0.1, -0.05) is 125 Å². The Morgan fingerprint density at radius 1 is 0.583 bits per heavy atom. The summed E-state index contributed by atoms with van der Waals surface area (Å²) in [6.45, 7) is 2.24. The minimum absolute atomic E-state index is 0.0287. The summed E-state index contributed by atoms with van der Waals surface area (Å²) in [4.78, 5) is 0. The van der Waals surface area contributed by atoms with Gasteiger partial charge in [0, 0.05) is 0 Å². The van der Waals surface area contributed by atoms with Crippen molar-refractivity contribution in [2.75, 3.05) is 0 Å². The van der Waals surface area contributed by atoms with Crippen molar-refractivity contribution in [1.82, 2.24) is 0 Å². The van der Waals surface area contributed by atoms with Crippen molar-refractivity contribution < 1.29 is 34.2 Å². The highest BCUT2D eigenvalue weighted by molar-refractivity contribution is 7.84. The fourth-order valence-corrected chi connectivity index (χ4v) is 6.95. The number of hydrogen-bond acceptors (Lipinski definition) is 3. The van der Waals surface area contributed by atoms with Crippen molar-refractivity contribution in [3.8, 4) is 0 Å². The summed E-state index contributed by atoms with van der Waals surface area (Å²) in [6, 6.07) is 28.8. The second-order valence-corrected chi connectivity index (χ2v) is 13.5. The van der Waals surface area contributed by atoms with E-state index in [1.807, 2.05) is 12.1 Å². The first kappa shape index (κ1) is 30.5. The molecule has 3 aromatic rings. The zero-order chi connectivity index (χ0) is 25.9. The Balaban J connectivity index is 0.000000293. The zero-order valence-corrected chi connectivity index (χ0v) is 24.6. The van der Waals surface area contributed by atoms with Crippen molar-refractivity contribution in [3.05, 3.63) is 103 Å². The number of rotatable bonds is 15. The Labute approximate surface area is 229 Å². The van der Waals surface area contributed by atoms with Crippen LogP contribution in [0.2, 0.25) is 0 Å². The third-order valence-corrected chi connectivity index (χ3v) is 9.28. The highest BCUT2D eigenvalue weighted by Gasteiger charge is 2.12. The van der Waals surface area contributed by atoms with Gasteiger partial charge in [0.1, 0.15) is 0 Å². The molecule has 0 spiro atoms. The van der Waals surface area contributed by atoms with Crippen LogP contribution in [0.5, 0.6) is 0 Å². The summed E-state index contributed by atoms with van der Waals surface area (Å²) in [5.74, 6) is -0.388. The van der Waals surface area contributed by atoms with Gasteiger partial charge in [0.25, 0.3) is 0 Å². The van der Waals surface area contributed by atoms with Crippen LogP contribution in [0, 0.1) is 7.14 Å². The van der Waals surface area contributed by atoms with E-state index in [-0.39, 0.29) is 27.0 Å². The molecule has 0 aliphatic carbocycles. The van der Waals surface area contributed by atoms with Crippen LogP contribution in [0.15, 0.2) is 84.9 Å². The first-order chi connectivity index (χ1) is 17.5. The molecule has 3 rings (SSSR count). The molecule has 3 nitrogen and oxygen atoms in total. The van der Waals surface area contributed by atoms with E-state index in [9.17, 15) is 13.0 Å². The molecule has 196 valence electrons. The molecule has 3 aromatic carbocycles. The molecule has 0 aliphatic heterocycles. The monoisotopic (exact) mass is 620 g/mol. The molecule has 0 unspecified atom stereocenters. The predicted octanol–water partition coefficient (Wildman–Crippen LogP) is 5.01. The maximum atomic E-state index is 10.9. The van der Waals surface area contributed by atoms with Gasteiger partial charge in [-0.05, 0) is 48.2 Å². The molecule has 36 heavy (non-hydrogen) atoms. The summed E-state index contributed by atoms with van der Waals surface area (Å²) < 4.78 is 35.8. The van der Waals surface area contributed by atoms with Crippen molar-refractivity contribution in [3.63, 3.8) is 0 Å². The van der Waals surface area contributed by atoms with E-state index in [2.05, 4.69) is 67.6 Å². The van der Waals surface area contributed by atoms with E-state index in [4.69, 9.17) is 0 Å². The molecular weight excluding hydrogens is 579 g/mol. The van der Waals surface area contributed by atoms with Crippen LogP contribution in [-0.4, -0.2) is 13.0 Å². The minimum atomic E-state index is -4.20. The number of benzene rings is 3. The summed E-state index contributed by atoms with van der Waals surface area (Å²) >= 11 is 0.0287. The molecule has 0 heterocycles. The van der Waals surface area contributed by atoms with E-state index in [0.29, 0.717) is 5.56 Å². The Kier molecular flexibility index (Phi) is 15.7. The van der Waals surface area contributed by atoms with E-state index < -0.39 is 10.1 Å². The number of hydrogen-bond donors (Lipinski definition) is 0. The number of halogens is 1. The van der Waals surface area contributed by atoms with Gasteiger partial charge < -0.3 is 4.55 Å². The van der Waals surface area contributed by atoms with Gasteiger partial charge in [0.2, 0.25) is 0 Å². The molecule has 0 saturated carbocycles. The van der Waals surface area contributed by atoms with Crippen LogP contribution < -0.4 is 21.2 Å². The van der Waals surface area contributed by atoms with Crippen molar-refractivity contribution in [1.29, 1.82) is 0 Å². The first-order valence-corrected chi connectivity index (χ1v) is 17.0. The molecule has 0 aromatic heterocycles. The molecule has 0 amide bonds. The number of aryl methyl sites for hydroxylation is 1. The Hall–Kier alpha value is -1.70. The van der Waals surface area contributed by atoms with Gasteiger partial charge in [0.05, 0.1) is 15.9 Å². The Morgan fingerprint density at radius 3 is 1.47 bits per heavy atom. The van der Waals surface area contributed by atoms with Crippen molar-refractivity contribution >= 4 is 10.1 Å². The lowest BCUT2D eigenvalue weighted by atomic mass is 10.0. The lowest BCUT2D eigenvalue weighted by Gasteiger charge is -2.12. The van der Waals surface area contributed by atoms with Gasteiger partial charge in [-0.25, -0.2) is 8.42 Å². The first-order valence-electron chi connectivity index (χ1n) is 13.2. The molecule has 0 fully saturated rings. The van der Waals surface area contributed by atoms with E-state index >= 15 is 0 Å². The van der Waals surface area contributed by atoms with Gasteiger partial charge in [-0.2, -0.15) is 0 Å². The van der Waals surface area contributed by atoms with Crippen LogP contribution in [0.1, 0.15) is 82.3 Å². The van der Waals surface area contributed by atoms with Gasteiger partial charge in [-0.3, -0.25) is 0 Å². The van der Waals surface area contributed by atoms with Crippen molar-refractivity contribution in [2.45, 2.75) is 83.3 Å². The van der Waals surface area contributed by atoms with Crippen LogP contribution >= 0.6 is 0 Å². The van der Waals surface area contributed by atoms with Gasteiger partial charge in [-0.15, -0.1) is 0 Å². The third-order valence-electron chi connectivity index (χ3n) is 5.93. The molecule has 0 aliphatic rings. The van der Waals surface area contributed by atoms with Gasteiger partial charge in [0.15, 0.2) is 7.14 Å². The summed E-state index contributed by atoms with van der Waals surface area (Å²) in [5.41, 5.74) is 1.67. The van der Waals surface area contributed by atoms with Crippen molar-refractivity contribution in [2.24, 2.45) is 0 Å². The average Bonchev–Trinajstić information content (AvgIpc) is 2.87. The topological polar surface area (TPSA) is 57.2 Å². The van der Waals surface area contributed by atoms with E-state index in [1.54, 1.807) is 12.1 Å². The summed E-state index contributed by atoms with van der Waals surface area (Å²) in [6.07, 6.45) is 13.7. The lowest BCUT2D eigenvalue weighted by molar-refractivity contribution is -0.597. The minimum Gasteiger partial charge on any atom is -0.748 e. The van der Waals surface area contributed by atoms with E-state index in [0.717, 1.165) is 18.4 Å². The zero-order valence-electron chi connectivity index (χ0n) is 21.6. The van der Waals surface area contributed by atoms with Crippen LogP contribution in [0.4, 0.5) is 0 Å². The fraction of sp³-hybridized carbons (Fsp3) is 0.419. The highest BCUT2D eigenvalue weighted by atomic mass is 127. The third kappa shape index (κ3) is 14.8. The second-order valence-electron chi connectivity index (χ2n) is 9.09. The normalized spacial score (nSPS) is 11.1. The molecule has 0 N–H and O–H groups in total. The smallest absolute Gasteiger partial charge is 0.357 e.